The topological polar surface area (TPSA) is 91.2 Å². The summed E-state index contributed by atoms with van der Waals surface area (Å²) in [5.74, 6) is 0.597. The van der Waals surface area contributed by atoms with Gasteiger partial charge in [0.1, 0.15) is 11.3 Å². The molecule has 0 aliphatic carbocycles. The molecule has 0 saturated heterocycles. The fraction of sp³-hybridized carbons (Fsp3) is 0.231. The molecule has 3 rings (SSSR count). The van der Waals surface area contributed by atoms with Crippen LogP contribution in [-0.2, 0) is 11.3 Å². The van der Waals surface area contributed by atoms with Gasteiger partial charge in [0, 0.05) is 10.9 Å². The molecule has 0 N–H and O–H groups in total. The normalized spacial score (nSPS) is 10.8. The van der Waals surface area contributed by atoms with E-state index in [1.165, 1.54) is 11.3 Å². The van der Waals surface area contributed by atoms with E-state index in [1.54, 1.807) is 13.8 Å². The number of carbonyl (C=O) groups is 1. The molecule has 0 aromatic carbocycles. The molecule has 108 valence electrons. The van der Waals surface area contributed by atoms with Crippen molar-refractivity contribution < 1.29 is 18.6 Å². The predicted molar refractivity (Wildman–Crippen MR) is 72.7 cm³/mol. The van der Waals surface area contributed by atoms with Gasteiger partial charge in [-0.3, -0.25) is 0 Å². The summed E-state index contributed by atoms with van der Waals surface area (Å²) in [6.45, 7) is 3.23. The van der Waals surface area contributed by atoms with Crippen molar-refractivity contribution in [1.29, 1.82) is 0 Å². The average molecular weight is 305 g/mol. The average Bonchev–Trinajstić information content (AvgIpc) is 3.17. The van der Waals surface area contributed by atoms with Gasteiger partial charge in [0.15, 0.2) is 6.61 Å². The van der Waals surface area contributed by atoms with Crippen LogP contribution in [0.1, 0.15) is 27.7 Å². The van der Waals surface area contributed by atoms with Crippen LogP contribution in [-0.4, -0.2) is 21.3 Å². The molecule has 3 aromatic heterocycles. The standard InChI is InChI=1S/C13H11N3O4S/c1-7-11(8(2)19-15-7)13(17)18-5-10-14-12(16-20-10)9-3-4-21-6-9/h3-4,6H,5H2,1-2H3. The van der Waals surface area contributed by atoms with Crippen LogP contribution in [0.5, 0.6) is 0 Å². The third-order valence-corrected chi connectivity index (χ3v) is 3.49. The maximum absolute atomic E-state index is 11.9. The van der Waals surface area contributed by atoms with Crippen LogP contribution in [0.25, 0.3) is 11.4 Å². The van der Waals surface area contributed by atoms with Crippen molar-refractivity contribution in [2.75, 3.05) is 0 Å². The lowest BCUT2D eigenvalue weighted by molar-refractivity contribution is 0.0427. The second kappa shape index (κ2) is 5.49. The summed E-state index contributed by atoms with van der Waals surface area (Å²) < 4.78 is 15.1. The van der Waals surface area contributed by atoms with Crippen molar-refractivity contribution in [3.8, 4) is 11.4 Å². The largest absolute Gasteiger partial charge is 0.452 e. The smallest absolute Gasteiger partial charge is 0.344 e. The summed E-state index contributed by atoms with van der Waals surface area (Å²) >= 11 is 1.54. The summed E-state index contributed by atoms with van der Waals surface area (Å²) in [5, 5.41) is 11.4. The zero-order chi connectivity index (χ0) is 14.8. The van der Waals surface area contributed by atoms with Gasteiger partial charge in [0.25, 0.3) is 5.89 Å². The van der Waals surface area contributed by atoms with Crippen LogP contribution in [0.3, 0.4) is 0 Å². The van der Waals surface area contributed by atoms with Crippen LogP contribution >= 0.6 is 11.3 Å². The number of rotatable bonds is 4. The number of thiophene rings is 1. The number of nitrogens with zero attached hydrogens (tertiary/aromatic N) is 3. The minimum Gasteiger partial charge on any atom is -0.452 e. The van der Waals surface area contributed by atoms with Crippen molar-refractivity contribution in [2.24, 2.45) is 0 Å². The van der Waals surface area contributed by atoms with E-state index in [2.05, 4.69) is 15.3 Å². The van der Waals surface area contributed by atoms with Gasteiger partial charge in [-0.2, -0.15) is 16.3 Å². The minimum atomic E-state index is -0.526. The highest BCUT2D eigenvalue weighted by Gasteiger charge is 2.20. The second-order valence-electron chi connectivity index (χ2n) is 4.30. The van der Waals surface area contributed by atoms with E-state index >= 15 is 0 Å². The maximum Gasteiger partial charge on any atom is 0.344 e. The van der Waals surface area contributed by atoms with Gasteiger partial charge in [-0.1, -0.05) is 10.3 Å². The van der Waals surface area contributed by atoms with Crippen molar-refractivity contribution in [3.63, 3.8) is 0 Å². The van der Waals surface area contributed by atoms with Gasteiger partial charge in [-0.25, -0.2) is 4.79 Å². The first-order valence-corrected chi connectivity index (χ1v) is 7.04. The Hall–Kier alpha value is -2.48. The fourth-order valence-corrected chi connectivity index (χ4v) is 2.43. The maximum atomic E-state index is 11.9. The lowest BCUT2D eigenvalue weighted by Gasteiger charge is -2.00. The molecule has 0 unspecified atom stereocenters. The Morgan fingerprint density at radius 1 is 1.33 bits per heavy atom. The van der Waals surface area contributed by atoms with Crippen LogP contribution in [0.4, 0.5) is 0 Å². The summed E-state index contributed by atoms with van der Waals surface area (Å²) in [4.78, 5) is 16.1. The Morgan fingerprint density at radius 2 is 2.19 bits per heavy atom. The van der Waals surface area contributed by atoms with Crippen LogP contribution in [0.15, 0.2) is 25.9 Å². The number of hydrogen-bond acceptors (Lipinski definition) is 8. The zero-order valence-electron chi connectivity index (χ0n) is 11.3. The summed E-state index contributed by atoms with van der Waals surface area (Å²) in [6, 6.07) is 1.88. The van der Waals surface area contributed by atoms with Crippen molar-refractivity contribution in [3.05, 3.63) is 39.7 Å². The lowest BCUT2D eigenvalue weighted by atomic mass is 10.2. The Kier molecular flexibility index (Phi) is 3.53. The molecule has 0 saturated carbocycles. The molecular formula is C13H11N3O4S. The number of aryl methyl sites for hydroxylation is 2. The quantitative estimate of drug-likeness (QED) is 0.684. The molecule has 8 heteroatoms. The highest BCUT2D eigenvalue weighted by atomic mass is 32.1. The molecule has 0 bridgehead atoms. The van der Waals surface area contributed by atoms with E-state index in [0.29, 0.717) is 22.8 Å². The molecule has 0 amide bonds. The first kappa shape index (κ1) is 13.5. The molecule has 0 aliphatic heterocycles. The van der Waals surface area contributed by atoms with Gasteiger partial charge in [0.2, 0.25) is 5.82 Å². The van der Waals surface area contributed by atoms with Crippen LogP contribution in [0.2, 0.25) is 0 Å². The number of hydrogen-bond donors (Lipinski definition) is 0. The number of esters is 1. The molecule has 7 nitrogen and oxygen atoms in total. The number of carbonyl (C=O) groups excluding carboxylic acids is 1. The molecule has 3 heterocycles. The minimum absolute atomic E-state index is 0.0972. The SMILES string of the molecule is Cc1noc(C)c1C(=O)OCc1nc(-c2ccsc2)no1. The van der Waals surface area contributed by atoms with Gasteiger partial charge >= 0.3 is 5.97 Å². The summed E-state index contributed by atoms with van der Waals surface area (Å²) in [7, 11) is 0. The van der Waals surface area contributed by atoms with E-state index in [1.807, 2.05) is 16.8 Å². The van der Waals surface area contributed by atoms with Gasteiger partial charge in [-0.05, 0) is 25.3 Å². The summed E-state index contributed by atoms with van der Waals surface area (Å²) in [5.41, 5.74) is 1.68. The van der Waals surface area contributed by atoms with Gasteiger partial charge in [-0.15, -0.1) is 0 Å². The Balaban J connectivity index is 1.67. The van der Waals surface area contributed by atoms with E-state index in [9.17, 15) is 4.79 Å². The molecule has 0 atom stereocenters. The third-order valence-electron chi connectivity index (χ3n) is 2.81. The monoisotopic (exact) mass is 305 g/mol. The van der Waals surface area contributed by atoms with E-state index < -0.39 is 5.97 Å². The van der Waals surface area contributed by atoms with Crippen LogP contribution in [0, 0.1) is 13.8 Å². The Bertz CT molecular complexity index is 741. The van der Waals surface area contributed by atoms with Gasteiger partial charge in [0.05, 0.1) is 5.69 Å². The first-order valence-electron chi connectivity index (χ1n) is 6.10. The van der Waals surface area contributed by atoms with Crippen molar-refractivity contribution in [2.45, 2.75) is 20.5 Å². The molecule has 0 spiro atoms. The fourth-order valence-electron chi connectivity index (χ4n) is 1.80. The summed E-state index contributed by atoms with van der Waals surface area (Å²) in [6.07, 6.45) is 0. The molecule has 0 radical (unpaired) electrons. The Labute approximate surface area is 123 Å². The lowest BCUT2D eigenvalue weighted by Crippen LogP contribution is -2.07. The highest BCUT2D eigenvalue weighted by molar-refractivity contribution is 7.08. The highest BCUT2D eigenvalue weighted by Crippen LogP contribution is 2.19. The van der Waals surface area contributed by atoms with E-state index in [-0.39, 0.29) is 12.5 Å². The predicted octanol–water partition coefficient (Wildman–Crippen LogP) is 2.76. The van der Waals surface area contributed by atoms with Crippen molar-refractivity contribution in [1.82, 2.24) is 15.3 Å². The van der Waals surface area contributed by atoms with E-state index in [4.69, 9.17) is 13.8 Å². The number of aromatic nitrogens is 3. The molecule has 0 aliphatic rings. The van der Waals surface area contributed by atoms with Gasteiger partial charge < -0.3 is 13.8 Å². The Morgan fingerprint density at radius 3 is 2.86 bits per heavy atom. The van der Waals surface area contributed by atoms with Crippen molar-refractivity contribution >= 4 is 17.3 Å². The molecule has 0 fully saturated rings. The molecule has 21 heavy (non-hydrogen) atoms. The first-order chi connectivity index (χ1) is 10.1. The third kappa shape index (κ3) is 2.70. The van der Waals surface area contributed by atoms with Crippen LogP contribution < -0.4 is 0 Å². The molecular weight excluding hydrogens is 294 g/mol. The second-order valence-corrected chi connectivity index (χ2v) is 5.08. The zero-order valence-corrected chi connectivity index (χ0v) is 12.1. The van der Waals surface area contributed by atoms with E-state index in [0.717, 1.165) is 5.56 Å². The number of ether oxygens (including phenoxy) is 1. The molecule has 3 aromatic rings.